The molecule has 2 aromatic carbocycles. The Morgan fingerprint density at radius 3 is 1.46 bits per heavy atom. The predicted octanol–water partition coefficient (Wildman–Crippen LogP) is 7.95. The van der Waals surface area contributed by atoms with Crippen LogP contribution in [0.2, 0.25) is 0 Å². The molecule has 0 fully saturated rings. The van der Waals surface area contributed by atoms with E-state index in [2.05, 4.69) is 0 Å². The highest BCUT2D eigenvalue weighted by Crippen LogP contribution is 2.27. The molecule has 4 nitrogen and oxygen atoms in total. The van der Waals surface area contributed by atoms with E-state index in [0.29, 0.717) is 59.1 Å². The molecule has 0 N–H and O–H groups in total. The Morgan fingerprint density at radius 1 is 0.629 bits per heavy atom. The molecule has 0 aliphatic rings. The molecule has 0 saturated heterocycles. The van der Waals surface area contributed by atoms with Gasteiger partial charge in [0.05, 0.1) is 24.0 Å². The number of fused-ring (bicyclic) bond motifs is 2. The lowest BCUT2D eigenvalue weighted by Crippen LogP contribution is -2.07. The molecule has 0 aliphatic heterocycles. The van der Waals surface area contributed by atoms with E-state index < -0.39 is 25.2 Å². The van der Waals surface area contributed by atoms with Crippen LogP contribution in [0.3, 0.4) is 0 Å². The molecule has 0 aliphatic carbocycles. The summed E-state index contributed by atoms with van der Waals surface area (Å²) in [5.74, 6) is 0.865. The predicted molar refractivity (Wildman–Crippen MR) is 120 cm³/mol. The van der Waals surface area contributed by atoms with Gasteiger partial charge in [0.1, 0.15) is 22.7 Å². The van der Waals surface area contributed by atoms with Crippen LogP contribution in [-0.2, 0) is 0 Å². The Morgan fingerprint density at radius 2 is 1.06 bits per heavy atom. The third kappa shape index (κ3) is 8.67. The van der Waals surface area contributed by atoms with Crippen LogP contribution in [0.4, 0.5) is 26.3 Å². The summed E-state index contributed by atoms with van der Waals surface area (Å²) in [6, 6.07) is 9.48. The third-order valence-electron chi connectivity index (χ3n) is 5.36. The minimum atomic E-state index is -4.15. The molecule has 0 atom stereocenters. The highest BCUT2D eigenvalue weighted by atomic mass is 19.4. The minimum Gasteiger partial charge on any atom is -0.493 e. The smallest absolute Gasteiger partial charge is 0.389 e. The number of rotatable bonds is 12. The first-order valence-corrected chi connectivity index (χ1v) is 11.4. The number of alkyl halides is 6. The zero-order chi connectivity index (χ0) is 25.5. The van der Waals surface area contributed by atoms with Gasteiger partial charge in [-0.3, -0.25) is 4.79 Å². The molecule has 0 unspecified atom stereocenters. The van der Waals surface area contributed by atoms with Crippen LogP contribution in [0.5, 0.6) is 11.5 Å². The fourth-order valence-corrected chi connectivity index (χ4v) is 3.58. The molecule has 192 valence electrons. The van der Waals surface area contributed by atoms with E-state index in [0.717, 1.165) is 0 Å². The van der Waals surface area contributed by atoms with Crippen molar-refractivity contribution in [2.75, 3.05) is 13.2 Å². The lowest BCUT2D eigenvalue weighted by molar-refractivity contribution is -0.136. The average molecular weight is 504 g/mol. The summed E-state index contributed by atoms with van der Waals surface area (Å²) in [7, 11) is 0. The minimum absolute atomic E-state index is 0.0450. The molecule has 0 bridgehead atoms. The number of hydrogen-bond acceptors (Lipinski definition) is 4. The van der Waals surface area contributed by atoms with Crippen molar-refractivity contribution in [3.63, 3.8) is 0 Å². The Kier molecular flexibility index (Phi) is 8.91. The van der Waals surface area contributed by atoms with E-state index in [1.165, 1.54) is 0 Å². The van der Waals surface area contributed by atoms with Gasteiger partial charge in [-0.25, -0.2) is 0 Å². The van der Waals surface area contributed by atoms with Crippen LogP contribution in [0.1, 0.15) is 51.4 Å². The van der Waals surface area contributed by atoms with Crippen molar-refractivity contribution in [1.29, 1.82) is 0 Å². The van der Waals surface area contributed by atoms with E-state index in [-0.39, 0.29) is 31.5 Å². The summed E-state index contributed by atoms with van der Waals surface area (Å²) in [6.07, 6.45) is -8.14. The molecule has 0 saturated carbocycles. The Labute approximate surface area is 197 Å². The summed E-state index contributed by atoms with van der Waals surface area (Å²) in [5.41, 5.74) is 0.349. The number of halogens is 6. The quantitative estimate of drug-likeness (QED) is 0.143. The summed E-state index contributed by atoms with van der Waals surface area (Å²) >= 11 is 0. The van der Waals surface area contributed by atoms with Crippen molar-refractivity contribution in [2.24, 2.45) is 0 Å². The van der Waals surface area contributed by atoms with E-state index in [1.54, 1.807) is 36.4 Å². The summed E-state index contributed by atoms with van der Waals surface area (Å²) in [5, 5.41) is 0.710. The second-order valence-corrected chi connectivity index (χ2v) is 8.30. The molecule has 3 aromatic rings. The SMILES string of the molecule is O=c1c2ccc(OCCCCCC(F)(F)F)cc2oc2cc(OCCCCCC(F)(F)F)ccc12. The van der Waals surface area contributed by atoms with Crippen molar-refractivity contribution >= 4 is 21.9 Å². The van der Waals surface area contributed by atoms with Crippen LogP contribution >= 0.6 is 0 Å². The van der Waals surface area contributed by atoms with E-state index >= 15 is 0 Å². The van der Waals surface area contributed by atoms with Gasteiger partial charge in [-0.05, 0) is 62.8 Å². The van der Waals surface area contributed by atoms with Gasteiger partial charge in [-0.1, -0.05) is 0 Å². The van der Waals surface area contributed by atoms with Crippen LogP contribution < -0.4 is 14.9 Å². The van der Waals surface area contributed by atoms with Crippen molar-refractivity contribution in [1.82, 2.24) is 0 Å². The van der Waals surface area contributed by atoms with Gasteiger partial charge >= 0.3 is 12.4 Å². The third-order valence-corrected chi connectivity index (χ3v) is 5.36. The molecule has 0 radical (unpaired) electrons. The largest absolute Gasteiger partial charge is 0.493 e. The van der Waals surface area contributed by atoms with Crippen molar-refractivity contribution in [2.45, 2.75) is 63.7 Å². The Balaban J connectivity index is 1.59. The Hall–Kier alpha value is -2.91. The molecule has 1 aromatic heterocycles. The molecule has 1 heterocycles. The van der Waals surface area contributed by atoms with Crippen LogP contribution in [0.15, 0.2) is 45.6 Å². The van der Waals surface area contributed by atoms with Crippen molar-refractivity contribution in [3.05, 3.63) is 46.6 Å². The maximum absolute atomic E-state index is 12.8. The molecule has 3 rings (SSSR count). The zero-order valence-electron chi connectivity index (χ0n) is 18.9. The molecular formula is C25H26F6O4. The first-order valence-electron chi connectivity index (χ1n) is 11.4. The summed E-state index contributed by atoms with van der Waals surface area (Å²) in [4.78, 5) is 12.8. The summed E-state index contributed by atoms with van der Waals surface area (Å²) in [6.45, 7) is 0.476. The summed E-state index contributed by atoms with van der Waals surface area (Å²) < 4.78 is 90.1. The molecule has 0 spiro atoms. The molecule has 10 heteroatoms. The van der Waals surface area contributed by atoms with Gasteiger partial charge in [0.15, 0.2) is 0 Å². The maximum Gasteiger partial charge on any atom is 0.389 e. The maximum atomic E-state index is 12.8. The number of hydrogen-bond donors (Lipinski definition) is 0. The van der Waals surface area contributed by atoms with E-state index in [9.17, 15) is 31.1 Å². The fourth-order valence-electron chi connectivity index (χ4n) is 3.58. The molecule has 0 amide bonds. The van der Waals surface area contributed by atoms with E-state index in [4.69, 9.17) is 13.9 Å². The highest BCUT2D eigenvalue weighted by Gasteiger charge is 2.26. The first kappa shape index (κ1) is 26.7. The van der Waals surface area contributed by atoms with E-state index in [1.807, 2.05) is 0 Å². The second-order valence-electron chi connectivity index (χ2n) is 8.30. The Bertz CT molecular complexity index is 1080. The standard InChI is InChI=1S/C25H26F6O4/c26-24(27,28)11-3-1-5-13-33-17-7-9-19-21(15-17)35-22-16-18(8-10-20(22)23(19)32)34-14-6-2-4-12-25(29,30)31/h7-10,15-16H,1-6,11-14H2. The number of benzene rings is 2. The van der Waals surface area contributed by atoms with Gasteiger partial charge in [-0.2, -0.15) is 26.3 Å². The van der Waals surface area contributed by atoms with Crippen LogP contribution in [0, 0.1) is 0 Å². The van der Waals surface area contributed by atoms with Crippen LogP contribution in [-0.4, -0.2) is 25.6 Å². The number of unbranched alkanes of at least 4 members (excludes halogenated alkanes) is 4. The van der Waals surface area contributed by atoms with Gasteiger partial charge in [-0.15, -0.1) is 0 Å². The van der Waals surface area contributed by atoms with Crippen molar-refractivity contribution < 1.29 is 40.2 Å². The molecule has 35 heavy (non-hydrogen) atoms. The lowest BCUT2D eigenvalue weighted by atomic mass is 10.1. The van der Waals surface area contributed by atoms with Gasteiger partial charge < -0.3 is 13.9 Å². The molecular weight excluding hydrogens is 478 g/mol. The monoisotopic (exact) mass is 504 g/mol. The number of ether oxygens (including phenoxy) is 2. The zero-order valence-corrected chi connectivity index (χ0v) is 18.9. The van der Waals surface area contributed by atoms with Gasteiger partial charge in [0.2, 0.25) is 5.43 Å². The average Bonchev–Trinajstić information content (AvgIpc) is 2.77. The normalized spacial score (nSPS) is 12.4. The van der Waals surface area contributed by atoms with Crippen molar-refractivity contribution in [3.8, 4) is 11.5 Å². The topological polar surface area (TPSA) is 48.7 Å². The fraction of sp³-hybridized carbons (Fsp3) is 0.480. The van der Waals surface area contributed by atoms with Gasteiger partial charge in [0.25, 0.3) is 0 Å². The van der Waals surface area contributed by atoms with Gasteiger partial charge in [0, 0.05) is 25.0 Å². The lowest BCUT2D eigenvalue weighted by Gasteiger charge is -2.10. The highest BCUT2D eigenvalue weighted by molar-refractivity contribution is 5.90. The second kappa shape index (κ2) is 11.7. The van der Waals surface area contributed by atoms with Crippen LogP contribution in [0.25, 0.3) is 21.9 Å². The first-order chi connectivity index (χ1) is 16.5.